The fourth-order valence-electron chi connectivity index (χ4n) is 8.09. The molecule has 0 saturated heterocycles. The Morgan fingerprint density at radius 3 is 1.40 bits per heavy atom. The second-order valence-electron chi connectivity index (χ2n) is 15.5. The maximum atomic E-state index is 3.57. The van der Waals surface area contributed by atoms with Gasteiger partial charge in [0.2, 0.25) is 0 Å². The maximum Gasteiger partial charge on any atom is 0.0468 e. The van der Waals surface area contributed by atoms with Gasteiger partial charge in [-0.2, -0.15) is 0 Å². The minimum absolute atomic E-state index is 1.04. The minimum Gasteiger partial charge on any atom is -0.362 e. The Bertz CT molecular complexity index is 3100. The lowest BCUT2D eigenvalue weighted by Crippen LogP contribution is -2.09. The highest BCUT2D eigenvalue weighted by molar-refractivity contribution is 7.25. The average Bonchev–Trinajstić information content (AvgIpc) is 3.73. The summed E-state index contributed by atoms with van der Waals surface area (Å²) in [5, 5.41) is 6.03. The predicted molar refractivity (Wildman–Crippen MR) is 273 cm³/mol. The SMILES string of the molecule is C(=C/c1ccc(-c2ccccc2)cc1)/C(=C\C=C\Nc1ccc2sc3ccc(N(c4ccc(-c5ccccc5)cc4)c4ccc(-c5ccccc5)cc4)cc3c2c1)c1ccccc1. The topological polar surface area (TPSA) is 15.3 Å². The van der Waals surface area contributed by atoms with Gasteiger partial charge in [-0.3, -0.25) is 0 Å². The van der Waals surface area contributed by atoms with E-state index in [-0.39, 0.29) is 0 Å². The predicted octanol–water partition coefficient (Wildman–Crippen LogP) is 17.2. The van der Waals surface area contributed by atoms with Gasteiger partial charge in [-0.25, -0.2) is 0 Å². The Balaban J connectivity index is 0.935. The largest absolute Gasteiger partial charge is 0.362 e. The van der Waals surface area contributed by atoms with Crippen LogP contribution in [0.25, 0.3) is 65.2 Å². The summed E-state index contributed by atoms with van der Waals surface area (Å²) >= 11 is 1.83. The smallest absolute Gasteiger partial charge is 0.0468 e. The molecule has 9 aromatic carbocycles. The van der Waals surface area contributed by atoms with Gasteiger partial charge < -0.3 is 10.2 Å². The molecule has 10 rings (SSSR count). The quantitative estimate of drug-likeness (QED) is 0.123. The van der Waals surface area contributed by atoms with Crippen molar-refractivity contribution in [3.8, 4) is 33.4 Å². The van der Waals surface area contributed by atoms with Crippen molar-refractivity contribution >= 4 is 65.9 Å². The minimum atomic E-state index is 1.04. The number of hydrogen-bond donors (Lipinski definition) is 1. The van der Waals surface area contributed by atoms with Gasteiger partial charge in [0.15, 0.2) is 0 Å². The first-order chi connectivity index (χ1) is 31.2. The summed E-state index contributed by atoms with van der Waals surface area (Å²) in [6.07, 6.45) is 10.6. The highest BCUT2D eigenvalue weighted by atomic mass is 32.1. The summed E-state index contributed by atoms with van der Waals surface area (Å²) in [6.45, 7) is 0. The molecule has 3 heteroatoms. The Kier molecular flexibility index (Phi) is 11.4. The Morgan fingerprint density at radius 1 is 0.413 bits per heavy atom. The van der Waals surface area contributed by atoms with Gasteiger partial charge in [0.25, 0.3) is 0 Å². The van der Waals surface area contributed by atoms with Crippen LogP contribution in [0.4, 0.5) is 22.7 Å². The van der Waals surface area contributed by atoms with Crippen LogP contribution in [-0.4, -0.2) is 0 Å². The zero-order chi connectivity index (χ0) is 42.2. The summed E-state index contributed by atoms with van der Waals surface area (Å²) in [5.41, 5.74) is 15.0. The van der Waals surface area contributed by atoms with E-state index in [0.717, 1.165) is 39.4 Å². The number of benzene rings is 9. The molecular formula is C60H44N2S. The molecule has 0 atom stereocenters. The van der Waals surface area contributed by atoms with Crippen molar-refractivity contribution in [2.24, 2.45) is 0 Å². The lowest BCUT2D eigenvalue weighted by atomic mass is 10.0. The Morgan fingerprint density at radius 2 is 0.857 bits per heavy atom. The van der Waals surface area contributed by atoms with Crippen LogP contribution >= 0.6 is 11.3 Å². The van der Waals surface area contributed by atoms with Crippen LogP contribution in [0, 0.1) is 0 Å². The number of nitrogens with zero attached hydrogens (tertiary/aromatic N) is 1. The van der Waals surface area contributed by atoms with E-state index >= 15 is 0 Å². The van der Waals surface area contributed by atoms with Crippen molar-refractivity contribution in [2.75, 3.05) is 10.2 Å². The standard InChI is InChI=1S/C60H44N2S/c1-5-14-45(15-6-1)49(26-23-44-24-27-50(28-25-44)46-16-7-2-8-17-46)22-13-41-61-53-33-39-59-57(42-53)58-43-56(38-40-60(58)63-59)62(54-34-29-51(30-35-54)47-18-9-3-10-19-47)55-36-31-52(32-37-55)48-20-11-4-12-21-48/h1-43,61H/b26-23-,41-13+,49-22+. The molecule has 0 amide bonds. The van der Waals surface area contributed by atoms with Crippen LogP contribution in [0.2, 0.25) is 0 Å². The van der Waals surface area contributed by atoms with Gasteiger partial charge in [0.05, 0.1) is 0 Å². The molecule has 300 valence electrons. The molecule has 63 heavy (non-hydrogen) atoms. The van der Waals surface area contributed by atoms with E-state index in [9.17, 15) is 0 Å². The number of anilines is 4. The third kappa shape index (κ3) is 8.92. The molecule has 0 spiro atoms. The van der Waals surface area contributed by atoms with Crippen molar-refractivity contribution in [1.29, 1.82) is 0 Å². The lowest BCUT2D eigenvalue weighted by molar-refractivity contribution is 1.29. The number of nitrogens with one attached hydrogen (secondary N) is 1. The van der Waals surface area contributed by atoms with E-state index in [1.54, 1.807) is 0 Å². The normalized spacial score (nSPS) is 11.8. The second-order valence-corrected chi connectivity index (χ2v) is 16.6. The molecule has 1 aromatic heterocycles. The lowest BCUT2D eigenvalue weighted by Gasteiger charge is -2.26. The van der Waals surface area contributed by atoms with Crippen molar-refractivity contribution < 1.29 is 0 Å². The van der Waals surface area contributed by atoms with E-state index in [4.69, 9.17) is 0 Å². The van der Waals surface area contributed by atoms with Crippen LogP contribution in [0.3, 0.4) is 0 Å². The number of thiophene rings is 1. The molecule has 10 aromatic rings. The fourth-order valence-corrected chi connectivity index (χ4v) is 9.15. The monoisotopic (exact) mass is 824 g/mol. The van der Waals surface area contributed by atoms with E-state index in [2.05, 4.69) is 265 Å². The molecule has 0 bridgehead atoms. The third-order valence-electron chi connectivity index (χ3n) is 11.4. The summed E-state index contributed by atoms with van der Waals surface area (Å²) in [6, 6.07) is 82.2. The number of hydrogen-bond acceptors (Lipinski definition) is 3. The molecule has 1 N–H and O–H groups in total. The van der Waals surface area contributed by atoms with Crippen LogP contribution in [-0.2, 0) is 0 Å². The highest BCUT2D eigenvalue weighted by Gasteiger charge is 2.16. The highest BCUT2D eigenvalue weighted by Crippen LogP contribution is 2.42. The maximum absolute atomic E-state index is 3.57. The zero-order valence-electron chi connectivity index (χ0n) is 34.7. The first-order valence-corrected chi connectivity index (χ1v) is 22.1. The average molecular weight is 825 g/mol. The van der Waals surface area contributed by atoms with Gasteiger partial charge >= 0.3 is 0 Å². The molecular weight excluding hydrogens is 781 g/mol. The first-order valence-electron chi connectivity index (χ1n) is 21.3. The molecule has 0 saturated carbocycles. The summed E-state index contributed by atoms with van der Waals surface area (Å²) < 4.78 is 2.52. The van der Waals surface area contributed by atoms with E-state index in [1.165, 1.54) is 53.6 Å². The van der Waals surface area contributed by atoms with Crippen LogP contribution in [0.1, 0.15) is 11.1 Å². The van der Waals surface area contributed by atoms with Crippen LogP contribution < -0.4 is 10.2 Å². The third-order valence-corrected chi connectivity index (χ3v) is 12.5. The van der Waals surface area contributed by atoms with Gasteiger partial charge in [-0.1, -0.05) is 188 Å². The van der Waals surface area contributed by atoms with Crippen molar-refractivity contribution in [3.05, 3.63) is 266 Å². The number of fused-ring (bicyclic) bond motifs is 3. The molecule has 0 aliphatic carbocycles. The Labute approximate surface area is 373 Å². The zero-order valence-corrected chi connectivity index (χ0v) is 35.5. The van der Waals surface area contributed by atoms with Crippen molar-refractivity contribution in [3.63, 3.8) is 0 Å². The molecule has 0 aliphatic heterocycles. The van der Waals surface area contributed by atoms with Crippen LogP contribution in [0.5, 0.6) is 0 Å². The summed E-state index contributed by atoms with van der Waals surface area (Å²) in [7, 11) is 0. The number of rotatable bonds is 12. The summed E-state index contributed by atoms with van der Waals surface area (Å²) in [5.74, 6) is 0. The second kappa shape index (κ2) is 18.3. The van der Waals surface area contributed by atoms with Gasteiger partial charge in [0.1, 0.15) is 0 Å². The number of allylic oxidation sites excluding steroid dienone is 4. The molecule has 2 nitrogen and oxygen atoms in total. The van der Waals surface area contributed by atoms with E-state index in [1.807, 2.05) is 17.5 Å². The van der Waals surface area contributed by atoms with E-state index in [0.29, 0.717) is 0 Å². The first kappa shape index (κ1) is 39.2. The van der Waals surface area contributed by atoms with Crippen LogP contribution in [0.15, 0.2) is 255 Å². The molecule has 0 radical (unpaired) electrons. The van der Waals surface area contributed by atoms with Crippen molar-refractivity contribution in [2.45, 2.75) is 0 Å². The summed E-state index contributed by atoms with van der Waals surface area (Å²) in [4.78, 5) is 2.36. The molecule has 0 fully saturated rings. The van der Waals surface area contributed by atoms with Gasteiger partial charge in [-0.15, -0.1) is 11.3 Å². The molecule has 0 aliphatic rings. The van der Waals surface area contributed by atoms with E-state index < -0.39 is 0 Å². The van der Waals surface area contributed by atoms with Gasteiger partial charge in [-0.05, 0) is 117 Å². The van der Waals surface area contributed by atoms with Gasteiger partial charge in [0, 0.05) is 49.1 Å². The van der Waals surface area contributed by atoms with Crippen molar-refractivity contribution in [1.82, 2.24) is 0 Å². The fraction of sp³-hybridized carbons (Fsp3) is 0. The Hall–Kier alpha value is -7.98. The molecule has 1 heterocycles. The molecule has 0 unspecified atom stereocenters.